The van der Waals surface area contributed by atoms with Gasteiger partial charge in [0.05, 0.1) is 0 Å². The number of amides is 5. The molecule has 1 heterocycles. The van der Waals surface area contributed by atoms with E-state index in [0.717, 1.165) is 5.56 Å². The van der Waals surface area contributed by atoms with Gasteiger partial charge in [0.25, 0.3) is 17.7 Å². The SMILES string of the molecule is CC(C)[C@H](NC(=O)[C@H](CCC(=O)O)NC(=O)OCc1ccccc1)C(=O)NN(CC(=O)O)C(=O)C1O[C@@H]1C(=O)NCCc1ccccc1. The minimum atomic E-state index is -1.48. The van der Waals surface area contributed by atoms with Crippen molar-refractivity contribution in [3.63, 3.8) is 0 Å². The summed E-state index contributed by atoms with van der Waals surface area (Å²) in [7, 11) is 0. The summed E-state index contributed by atoms with van der Waals surface area (Å²) >= 11 is 0. The number of benzene rings is 2. The molecular weight excluding hydrogens is 630 g/mol. The zero-order valence-electron chi connectivity index (χ0n) is 26.4. The van der Waals surface area contributed by atoms with Crippen LogP contribution in [-0.2, 0) is 51.3 Å². The number of nitrogens with zero attached hydrogens (tertiary/aromatic N) is 1. The van der Waals surface area contributed by atoms with Crippen LogP contribution < -0.4 is 21.4 Å². The first kappa shape index (κ1) is 37.0. The summed E-state index contributed by atoms with van der Waals surface area (Å²) in [6.45, 7) is 2.28. The number of carboxylic acid groups (broad SMARTS) is 2. The van der Waals surface area contributed by atoms with Crippen LogP contribution in [0.25, 0.3) is 0 Å². The number of ether oxygens (including phenoxy) is 2. The lowest BCUT2D eigenvalue weighted by Crippen LogP contribution is -2.60. The lowest BCUT2D eigenvalue weighted by Gasteiger charge is -2.28. The number of carbonyl (C=O) groups excluding carboxylic acids is 5. The number of hydrogen-bond donors (Lipinski definition) is 6. The van der Waals surface area contributed by atoms with Gasteiger partial charge in [-0.2, -0.15) is 0 Å². The fraction of sp³-hybridized carbons (Fsp3) is 0.406. The highest BCUT2D eigenvalue weighted by Gasteiger charge is 2.52. The molecule has 4 atom stereocenters. The van der Waals surface area contributed by atoms with E-state index in [1.807, 2.05) is 30.3 Å². The summed E-state index contributed by atoms with van der Waals surface area (Å²) < 4.78 is 10.3. The fourth-order valence-electron chi connectivity index (χ4n) is 4.47. The minimum absolute atomic E-state index is 0.120. The third-order valence-electron chi connectivity index (χ3n) is 7.07. The standard InChI is InChI=1S/C32H39N5O11/c1-19(2)25(35-28(42)22(13-14-23(38)39)34-32(46)47-18-21-11-7-4-8-12-21)29(43)36-37(17-24(40)41)31(45)27-26(48-27)30(44)33-16-15-20-9-5-3-6-10-20/h3-12,19,22,25-27H,13-18H2,1-2H3,(H,33,44)(H,34,46)(H,35,42)(H,36,43)(H,38,39)(H,40,41)/t22-,25-,26-,27?/m0/s1. The van der Waals surface area contributed by atoms with Crippen LogP contribution in [0.15, 0.2) is 60.7 Å². The van der Waals surface area contributed by atoms with Gasteiger partial charge >= 0.3 is 18.0 Å². The fourth-order valence-corrected chi connectivity index (χ4v) is 4.47. The summed E-state index contributed by atoms with van der Waals surface area (Å²) in [4.78, 5) is 87.3. The summed E-state index contributed by atoms with van der Waals surface area (Å²) in [6, 6.07) is 15.2. The number of hydrogen-bond acceptors (Lipinski definition) is 9. The van der Waals surface area contributed by atoms with E-state index in [0.29, 0.717) is 17.0 Å². The summed E-state index contributed by atoms with van der Waals surface area (Å²) in [5.74, 6) is -6.83. The van der Waals surface area contributed by atoms with Crippen LogP contribution in [0.5, 0.6) is 0 Å². The summed E-state index contributed by atoms with van der Waals surface area (Å²) in [5.41, 5.74) is 3.83. The van der Waals surface area contributed by atoms with E-state index in [9.17, 15) is 38.7 Å². The number of nitrogens with one attached hydrogen (secondary N) is 4. The zero-order valence-corrected chi connectivity index (χ0v) is 26.4. The number of carbonyl (C=O) groups is 7. The molecule has 3 rings (SSSR count). The maximum Gasteiger partial charge on any atom is 0.408 e. The molecule has 0 bridgehead atoms. The molecule has 1 unspecified atom stereocenters. The van der Waals surface area contributed by atoms with Crippen molar-refractivity contribution in [3.05, 3.63) is 71.8 Å². The van der Waals surface area contributed by atoms with Gasteiger partial charge in [-0.15, -0.1) is 0 Å². The molecule has 16 nitrogen and oxygen atoms in total. The molecule has 0 spiro atoms. The molecule has 258 valence electrons. The third kappa shape index (κ3) is 12.0. The monoisotopic (exact) mass is 669 g/mol. The van der Waals surface area contributed by atoms with Gasteiger partial charge < -0.3 is 35.6 Å². The number of alkyl carbamates (subject to hydrolysis) is 1. The van der Waals surface area contributed by atoms with Crippen molar-refractivity contribution in [2.24, 2.45) is 5.92 Å². The average Bonchev–Trinajstić information content (AvgIpc) is 3.85. The van der Waals surface area contributed by atoms with Crippen LogP contribution in [0.3, 0.4) is 0 Å². The number of aliphatic carboxylic acids is 2. The Hall–Kier alpha value is -5.51. The van der Waals surface area contributed by atoms with Crippen molar-refractivity contribution in [1.82, 2.24) is 26.4 Å². The maximum atomic E-state index is 13.3. The van der Waals surface area contributed by atoms with Crippen molar-refractivity contribution < 1.29 is 53.2 Å². The molecule has 2 aromatic rings. The van der Waals surface area contributed by atoms with Crippen LogP contribution in [0.2, 0.25) is 0 Å². The number of hydrazine groups is 1. The molecule has 1 aliphatic heterocycles. The van der Waals surface area contributed by atoms with Crippen LogP contribution >= 0.6 is 0 Å². The molecule has 5 amide bonds. The van der Waals surface area contributed by atoms with Gasteiger partial charge in [0.1, 0.15) is 25.2 Å². The third-order valence-corrected chi connectivity index (χ3v) is 7.07. The molecule has 16 heteroatoms. The minimum Gasteiger partial charge on any atom is -0.481 e. The highest BCUT2D eigenvalue weighted by Crippen LogP contribution is 2.24. The Labute approximate surface area is 276 Å². The first-order chi connectivity index (χ1) is 22.8. The van der Waals surface area contributed by atoms with Crippen molar-refractivity contribution in [1.29, 1.82) is 0 Å². The van der Waals surface area contributed by atoms with E-state index >= 15 is 0 Å². The Morgan fingerprint density at radius 3 is 2.04 bits per heavy atom. The van der Waals surface area contributed by atoms with Gasteiger partial charge in [-0.25, -0.2) is 9.80 Å². The predicted octanol–water partition coefficient (Wildman–Crippen LogP) is 0.358. The average molecular weight is 670 g/mol. The van der Waals surface area contributed by atoms with Gasteiger partial charge in [0.15, 0.2) is 12.2 Å². The van der Waals surface area contributed by atoms with Crippen molar-refractivity contribution >= 4 is 41.7 Å². The van der Waals surface area contributed by atoms with E-state index in [1.54, 1.807) is 44.2 Å². The molecule has 0 aromatic heterocycles. The number of rotatable bonds is 17. The Balaban J connectivity index is 1.60. The molecule has 0 radical (unpaired) electrons. The first-order valence-corrected chi connectivity index (χ1v) is 15.2. The van der Waals surface area contributed by atoms with Gasteiger partial charge in [-0.3, -0.25) is 34.2 Å². The van der Waals surface area contributed by atoms with Crippen LogP contribution in [0.1, 0.15) is 37.8 Å². The highest BCUT2D eigenvalue weighted by atomic mass is 16.6. The molecule has 0 saturated carbocycles. The highest BCUT2D eigenvalue weighted by molar-refractivity contribution is 5.97. The molecular formula is C32H39N5O11. The van der Waals surface area contributed by atoms with E-state index in [4.69, 9.17) is 14.6 Å². The lowest BCUT2D eigenvalue weighted by atomic mass is 10.0. The lowest BCUT2D eigenvalue weighted by molar-refractivity contribution is -0.151. The van der Waals surface area contributed by atoms with Crippen LogP contribution in [0, 0.1) is 5.92 Å². The van der Waals surface area contributed by atoms with Gasteiger partial charge in [-0.1, -0.05) is 74.5 Å². The number of epoxide rings is 1. The molecule has 48 heavy (non-hydrogen) atoms. The molecule has 6 N–H and O–H groups in total. The Kier molecular flexibility index (Phi) is 13.8. The summed E-state index contributed by atoms with van der Waals surface area (Å²) in [5, 5.41) is 26.4. The van der Waals surface area contributed by atoms with Crippen molar-refractivity contribution in [2.75, 3.05) is 13.1 Å². The molecule has 1 saturated heterocycles. The maximum absolute atomic E-state index is 13.3. The van der Waals surface area contributed by atoms with Gasteiger partial charge in [0, 0.05) is 13.0 Å². The zero-order chi connectivity index (χ0) is 35.2. The first-order valence-electron chi connectivity index (χ1n) is 15.2. The Morgan fingerprint density at radius 1 is 0.833 bits per heavy atom. The quantitative estimate of drug-likeness (QED) is 0.0994. The second kappa shape index (κ2) is 18.0. The second-order valence-corrected chi connectivity index (χ2v) is 11.2. The molecule has 2 aromatic carbocycles. The Morgan fingerprint density at radius 2 is 1.46 bits per heavy atom. The molecule has 1 fully saturated rings. The van der Waals surface area contributed by atoms with E-state index in [-0.39, 0.29) is 19.6 Å². The van der Waals surface area contributed by atoms with Crippen molar-refractivity contribution in [2.45, 2.75) is 64.0 Å². The topological polar surface area (TPSA) is 233 Å². The van der Waals surface area contributed by atoms with Crippen LogP contribution in [0.4, 0.5) is 4.79 Å². The summed E-state index contributed by atoms with van der Waals surface area (Å²) in [6.07, 6.45) is -3.85. The Bertz CT molecular complexity index is 1450. The van der Waals surface area contributed by atoms with Gasteiger partial charge in [-0.05, 0) is 29.9 Å². The van der Waals surface area contributed by atoms with E-state index in [1.165, 1.54) is 0 Å². The van der Waals surface area contributed by atoms with Gasteiger partial charge in [0.2, 0.25) is 5.91 Å². The normalized spacial score (nSPS) is 16.1. The largest absolute Gasteiger partial charge is 0.481 e. The van der Waals surface area contributed by atoms with Crippen LogP contribution in [-0.4, -0.2) is 94.3 Å². The number of carboxylic acids is 2. The predicted molar refractivity (Wildman–Crippen MR) is 166 cm³/mol. The second-order valence-electron chi connectivity index (χ2n) is 11.2. The molecule has 0 aliphatic carbocycles. The van der Waals surface area contributed by atoms with E-state index < -0.39 is 84.8 Å². The smallest absolute Gasteiger partial charge is 0.408 e. The molecule has 1 aliphatic rings. The van der Waals surface area contributed by atoms with Crippen molar-refractivity contribution in [3.8, 4) is 0 Å². The van der Waals surface area contributed by atoms with E-state index in [2.05, 4.69) is 21.4 Å².